The summed E-state index contributed by atoms with van der Waals surface area (Å²) >= 11 is 3.53. The number of hydrogen-bond acceptors (Lipinski definition) is 0. The normalized spacial score (nSPS) is 12.4. The summed E-state index contributed by atoms with van der Waals surface area (Å²) in [4.78, 5) is 0. The molecular weight excluding hydrogens is 260 g/mol. The van der Waals surface area contributed by atoms with E-state index in [-0.39, 0.29) is 0 Å². The Labute approximate surface area is 105 Å². The predicted octanol–water partition coefficient (Wildman–Crippen LogP) is 4.99. The maximum Gasteiger partial charge on any atom is 0.0178 e. The van der Waals surface area contributed by atoms with Gasteiger partial charge in [-0.3, -0.25) is 0 Å². The first-order valence-electron chi connectivity index (χ1n) is 5.61. The van der Waals surface area contributed by atoms with E-state index in [9.17, 15) is 0 Å². The van der Waals surface area contributed by atoms with Crippen LogP contribution in [0.25, 0.3) is 0 Å². The Morgan fingerprint density at radius 1 is 0.938 bits per heavy atom. The van der Waals surface area contributed by atoms with E-state index in [4.69, 9.17) is 0 Å². The molecule has 0 spiro atoms. The molecule has 0 radical (unpaired) electrons. The highest BCUT2D eigenvalue weighted by Gasteiger charge is 2.11. The van der Waals surface area contributed by atoms with E-state index in [0.29, 0.717) is 5.92 Å². The number of hydrogen-bond donors (Lipinski definition) is 0. The molecule has 0 aliphatic heterocycles. The fourth-order valence-electron chi connectivity index (χ4n) is 2.07. The van der Waals surface area contributed by atoms with Crippen molar-refractivity contribution in [3.63, 3.8) is 0 Å². The van der Waals surface area contributed by atoms with Crippen LogP contribution in [0.15, 0.2) is 59.1 Å². The van der Waals surface area contributed by atoms with Gasteiger partial charge in [0.05, 0.1) is 0 Å². The fraction of sp³-hybridized carbons (Fsp3) is 0.200. The minimum Gasteiger partial charge on any atom is -0.0645 e. The van der Waals surface area contributed by atoms with Crippen LogP contribution in [0.4, 0.5) is 0 Å². The molecular formula is C15H15Br. The van der Waals surface area contributed by atoms with E-state index < -0.39 is 0 Å². The first-order valence-corrected chi connectivity index (χ1v) is 6.41. The molecule has 0 aliphatic rings. The maximum absolute atomic E-state index is 3.53. The average molecular weight is 275 g/mol. The second-order valence-corrected chi connectivity index (χ2v) is 4.84. The van der Waals surface area contributed by atoms with Crippen molar-refractivity contribution in [1.29, 1.82) is 0 Å². The highest BCUT2D eigenvalue weighted by Crippen LogP contribution is 2.29. The quantitative estimate of drug-likeness (QED) is 0.740. The van der Waals surface area contributed by atoms with Crippen molar-refractivity contribution in [3.8, 4) is 0 Å². The zero-order chi connectivity index (χ0) is 11.4. The number of rotatable bonds is 3. The molecule has 0 bridgehead atoms. The van der Waals surface area contributed by atoms with E-state index in [1.807, 2.05) is 0 Å². The molecule has 0 nitrogen and oxygen atoms in total. The zero-order valence-corrected chi connectivity index (χ0v) is 10.9. The third kappa shape index (κ3) is 2.53. The van der Waals surface area contributed by atoms with Crippen LogP contribution >= 0.6 is 15.9 Å². The highest BCUT2D eigenvalue weighted by atomic mass is 79.9. The molecule has 1 unspecified atom stereocenters. The van der Waals surface area contributed by atoms with Gasteiger partial charge in [-0.2, -0.15) is 0 Å². The van der Waals surface area contributed by atoms with Crippen molar-refractivity contribution < 1.29 is 0 Å². The van der Waals surface area contributed by atoms with Crippen molar-refractivity contribution in [2.45, 2.75) is 19.3 Å². The Hall–Kier alpha value is -1.08. The predicted molar refractivity (Wildman–Crippen MR) is 72.7 cm³/mol. The zero-order valence-electron chi connectivity index (χ0n) is 9.36. The van der Waals surface area contributed by atoms with E-state index in [1.165, 1.54) is 11.1 Å². The standard InChI is InChI=1S/C15H15Br/c1-2-15(12-7-4-3-5-8-12)13-9-6-10-14(16)11-13/h3-11,15H,2H2,1H3. The van der Waals surface area contributed by atoms with Gasteiger partial charge in [0.25, 0.3) is 0 Å². The van der Waals surface area contributed by atoms with Gasteiger partial charge in [0.1, 0.15) is 0 Å². The van der Waals surface area contributed by atoms with Gasteiger partial charge in [0.2, 0.25) is 0 Å². The van der Waals surface area contributed by atoms with Crippen molar-refractivity contribution in [2.75, 3.05) is 0 Å². The topological polar surface area (TPSA) is 0 Å². The van der Waals surface area contributed by atoms with E-state index >= 15 is 0 Å². The van der Waals surface area contributed by atoms with Gasteiger partial charge in [0.15, 0.2) is 0 Å². The van der Waals surface area contributed by atoms with Crippen LogP contribution in [-0.4, -0.2) is 0 Å². The van der Waals surface area contributed by atoms with Gasteiger partial charge in [-0.1, -0.05) is 65.3 Å². The molecule has 0 saturated carbocycles. The molecule has 2 aromatic rings. The smallest absolute Gasteiger partial charge is 0.0178 e. The Morgan fingerprint density at radius 3 is 2.25 bits per heavy atom. The maximum atomic E-state index is 3.53. The molecule has 0 amide bonds. The van der Waals surface area contributed by atoms with Gasteiger partial charge in [-0.15, -0.1) is 0 Å². The number of halogens is 1. The summed E-state index contributed by atoms with van der Waals surface area (Å²) in [5, 5.41) is 0. The summed E-state index contributed by atoms with van der Waals surface area (Å²) in [6.45, 7) is 2.23. The summed E-state index contributed by atoms with van der Waals surface area (Å²) in [5.74, 6) is 0.499. The van der Waals surface area contributed by atoms with Gasteiger partial charge in [0, 0.05) is 10.4 Å². The van der Waals surface area contributed by atoms with Crippen molar-refractivity contribution in [3.05, 3.63) is 70.2 Å². The molecule has 0 fully saturated rings. The molecule has 82 valence electrons. The first-order chi connectivity index (χ1) is 7.81. The summed E-state index contributed by atoms with van der Waals surface area (Å²) in [6, 6.07) is 19.3. The molecule has 0 aromatic heterocycles. The third-order valence-electron chi connectivity index (χ3n) is 2.86. The molecule has 0 saturated heterocycles. The summed E-state index contributed by atoms with van der Waals surface area (Å²) in [7, 11) is 0. The van der Waals surface area contributed by atoms with Crippen molar-refractivity contribution in [2.24, 2.45) is 0 Å². The van der Waals surface area contributed by atoms with Crippen LogP contribution < -0.4 is 0 Å². The Kier molecular flexibility index (Phi) is 3.79. The average Bonchev–Trinajstić information content (AvgIpc) is 2.31. The minimum atomic E-state index is 0.499. The lowest BCUT2D eigenvalue weighted by Gasteiger charge is -2.16. The van der Waals surface area contributed by atoms with E-state index in [2.05, 4.69) is 77.5 Å². The molecule has 0 aliphatic carbocycles. The monoisotopic (exact) mass is 274 g/mol. The molecule has 0 heterocycles. The van der Waals surface area contributed by atoms with E-state index in [1.54, 1.807) is 0 Å². The highest BCUT2D eigenvalue weighted by molar-refractivity contribution is 9.10. The second-order valence-electron chi connectivity index (χ2n) is 3.93. The van der Waals surface area contributed by atoms with Crippen molar-refractivity contribution >= 4 is 15.9 Å². The van der Waals surface area contributed by atoms with Crippen LogP contribution in [0.2, 0.25) is 0 Å². The van der Waals surface area contributed by atoms with Gasteiger partial charge in [-0.25, -0.2) is 0 Å². The molecule has 1 atom stereocenters. The second kappa shape index (κ2) is 5.31. The Balaban J connectivity index is 2.37. The Morgan fingerprint density at radius 2 is 1.62 bits per heavy atom. The number of benzene rings is 2. The molecule has 16 heavy (non-hydrogen) atoms. The van der Waals surface area contributed by atoms with Gasteiger partial charge in [-0.05, 0) is 29.7 Å². The Bertz CT molecular complexity index is 448. The summed E-state index contributed by atoms with van der Waals surface area (Å²) in [5.41, 5.74) is 2.77. The van der Waals surface area contributed by atoms with Crippen molar-refractivity contribution in [1.82, 2.24) is 0 Å². The first kappa shape index (κ1) is 11.4. The van der Waals surface area contributed by atoms with Crippen LogP contribution in [0.3, 0.4) is 0 Å². The van der Waals surface area contributed by atoms with Crippen LogP contribution in [0.5, 0.6) is 0 Å². The fourth-order valence-corrected chi connectivity index (χ4v) is 2.49. The third-order valence-corrected chi connectivity index (χ3v) is 3.35. The summed E-state index contributed by atoms with van der Waals surface area (Å²) < 4.78 is 1.15. The lowest BCUT2D eigenvalue weighted by Crippen LogP contribution is -1.99. The molecule has 0 N–H and O–H groups in total. The van der Waals surface area contributed by atoms with E-state index in [0.717, 1.165) is 10.9 Å². The lowest BCUT2D eigenvalue weighted by molar-refractivity contribution is 0.777. The molecule has 1 heteroatoms. The van der Waals surface area contributed by atoms with Crippen LogP contribution in [-0.2, 0) is 0 Å². The van der Waals surface area contributed by atoms with Gasteiger partial charge >= 0.3 is 0 Å². The van der Waals surface area contributed by atoms with Crippen LogP contribution in [0.1, 0.15) is 30.4 Å². The summed E-state index contributed by atoms with van der Waals surface area (Å²) in [6.07, 6.45) is 1.13. The SMILES string of the molecule is CCC(c1ccccc1)c1cccc(Br)c1. The van der Waals surface area contributed by atoms with Gasteiger partial charge < -0.3 is 0 Å². The molecule has 2 rings (SSSR count). The molecule has 2 aromatic carbocycles. The van der Waals surface area contributed by atoms with Crippen LogP contribution in [0, 0.1) is 0 Å². The lowest BCUT2D eigenvalue weighted by atomic mass is 9.89. The largest absolute Gasteiger partial charge is 0.0645 e. The minimum absolute atomic E-state index is 0.499.